The van der Waals surface area contributed by atoms with Gasteiger partial charge < -0.3 is 0 Å². The van der Waals surface area contributed by atoms with Gasteiger partial charge in [-0.2, -0.15) is 0 Å². The van der Waals surface area contributed by atoms with Crippen molar-refractivity contribution in [2.24, 2.45) is 4.99 Å². The molecular formula is C28H21ClN2OS. The zero-order chi connectivity index (χ0) is 22.5. The van der Waals surface area contributed by atoms with Crippen LogP contribution >= 0.6 is 22.9 Å². The molecule has 0 radical (unpaired) electrons. The summed E-state index contributed by atoms with van der Waals surface area (Å²) in [5.74, 6) is 0. The lowest BCUT2D eigenvalue weighted by molar-refractivity contribution is 0.585. The minimum atomic E-state index is -0.141. The van der Waals surface area contributed by atoms with Crippen LogP contribution < -0.4 is 14.9 Å². The van der Waals surface area contributed by atoms with Crippen LogP contribution in [-0.4, -0.2) is 4.57 Å². The predicted octanol–water partition coefficient (Wildman–Crippen LogP) is 5.28. The van der Waals surface area contributed by atoms with Crippen molar-refractivity contribution in [3.8, 4) is 0 Å². The molecule has 162 valence electrons. The minimum absolute atomic E-state index is 0.00434. The molecule has 5 heteroatoms. The van der Waals surface area contributed by atoms with E-state index in [0.29, 0.717) is 9.55 Å². The van der Waals surface area contributed by atoms with Crippen LogP contribution in [0.1, 0.15) is 40.3 Å². The first-order valence-electron chi connectivity index (χ1n) is 11.0. The molecule has 3 aromatic carbocycles. The maximum atomic E-state index is 13.7. The van der Waals surface area contributed by atoms with Crippen molar-refractivity contribution in [3.63, 3.8) is 0 Å². The van der Waals surface area contributed by atoms with Gasteiger partial charge in [0.25, 0.3) is 5.56 Å². The molecule has 0 amide bonds. The number of halogens is 1. The van der Waals surface area contributed by atoms with E-state index in [4.69, 9.17) is 16.6 Å². The van der Waals surface area contributed by atoms with E-state index in [2.05, 4.69) is 55.5 Å². The van der Waals surface area contributed by atoms with E-state index in [1.54, 1.807) is 0 Å². The summed E-state index contributed by atoms with van der Waals surface area (Å²) < 4.78 is 2.57. The molecule has 4 aromatic rings. The molecule has 1 aliphatic heterocycles. The SMILES string of the molecule is Cc1ccc([C@@H]2C3=C(N=c4sc(=Cc5ccc(Cl)cc5)c(=O)n42)c2ccccc2CC3)cc1. The number of rotatable bonds is 2. The van der Waals surface area contributed by atoms with Gasteiger partial charge in [0.1, 0.15) is 0 Å². The molecule has 0 bridgehead atoms. The lowest BCUT2D eigenvalue weighted by Gasteiger charge is -2.30. The molecule has 0 spiro atoms. The number of aromatic nitrogens is 1. The largest absolute Gasteiger partial charge is 0.272 e. The van der Waals surface area contributed by atoms with Crippen molar-refractivity contribution >= 4 is 34.7 Å². The number of thiazole rings is 1. The summed E-state index contributed by atoms with van der Waals surface area (Å²) >= 11 is 7.49. The Labute approximate surface area is 200 Å². The standard InChI is InChI=1S/C28H21ClN2OS/c1-17-6-10-20(11-7-17)26-23-15-12-19-4-2-3-5-22(19)25(23)30-28-31(26)27(32)24(33-28)16-18-8-13-21(29)14-9-18/h2-11,13-14,16,26H,12,15H2,1H3/t26-/m1/s1. The second-order valence-corrected chi connectivity index (χ2v) is 10.0. The van der Waals surface area contributed by atoms with E-state index >= 15 is 0 Å². The monoisotopic (exact) mass is 468 g/mol. The molecule has 2 heterocycles. The molecule has 33 heavy (non-hydrogen) atoms. The normalized spacial score (nSPS) is 17.3. The van der Waals surface area contributed by atoms with Gasteiger partial charge in [0.2, 0.25) is 0 Å². The van der Waals surface area contributed by atoms with E-state index in [-0.39, 0.29) is 11.6 Å². The Bertz CT molecular complexity index is 1590. The maximum Gasteiger partial charge on any atom is 0.271 e. The summed E-state index contributed by atoms with van der Waals surface area (Å²) in [6.07, 6.45) is 3.79. The topological polar surface area (TPSA) is 34.4 Å². The van der Waals surface area contributed by atoms with Crippen LogP contribution in [0.25, 0.3) is 11.8 Å². The Morgan fingerprint density at radius 3 is 2.55 bits per heavy atom. The average molecular weight is 469 g/mol. The third-order valence-electron chi connectivity index (χ3n) is 6.43. The quantitative estimate of drug-likeness (QED) is 0.394. The highest BCUT2D eigenvalue weighted by Gasteiger charge is 2.32. The Hall–Kier alpha value is -3.21. The van der Waals surface area contributed by atoms with Gasteiger partial charge in [0.05, 0.1) is 16.3 Å². The fourth-order valence-electron chi connectivity index (χ4n) is 4.78. The Kier molecular flexibility index (Phi) is 4.93. The Morgan fingerprint density at radius 2 is 1.76 bits per heavy atom. The van der Waals surface area contributed by atoms with E-state index in [9.17, 15) is 4.79 Å². The molecule has 0 N–H and O–H groups in total. The molecular weight excluding hydrogens is 448 g/mol. The van der Waals surface area contributed by atoms with Gasteiger partial charge in [-0.3, -0.25) is 9.36 Å². The summed E-state index contributed by atoms with van der Waals surface area (Å²) in [6, 6.07) is 24.4. The highest BCUT2D eigenvalue weighted by molar-refractivity contribution is 7.07. The van der Waals surface area contributed by atoms with Gasteiger partial charge in [0.15, 0.2) is 4.80 Å². The number of fused-ring (bicyclic) bond motifs is 3. The highest BCUT2D eigenvalue weighted by atomic mass is 35.5. The second kappa shape index (κ2) is 7.98. The molecule has 2 aliphatic rings. The Balaban J connectivity index is 1.62. The second-order valence-electron chi connectivity index (χ2n) is 8.58. The first-order chi connectivity index (χ1) is 16.1. The summed E-state index contributed by atoms with van der Waals surface area (Å²) in [7, 11) is 0. The van der Waals surface area contributed by atoms with Crippen LogP contribution in [0.3, 0.4) is 0 Å². The summed E-state index contributed by atoms with van der Waals surface area (Å²) in [6.45, 7) is 2.09. The van der Waals surface area contributed by atoms with Crippen LogP contribution in [0.2, 0.25) is 5.02 Å². The number of benzene rings is 3. The first kappa shape index (κ1) is 20.4. The fraction of sp³-hybridized carbons (Fsp3) is 0.143. The zero-order valence-corrected chi connectivity index (χ0v) is 19.7. The third kappa shape index (κ3) is 3.50. The molecule has 1 aromatic heterocycles. The first-order valence-corrected chi connectivity index (χ1v) is 12.2. The third-order valence-corrected chi connectivity index (χ3v) is 7.67. The Morgan fingerprint density at radius 1 is 1.00 bits per heavy atom. The van der Waals surface area contributed by atoms with Crippen molar-refractivity contribution in [2.45, 2.75) is 25.8 Å². The van der Waals surface area contributed by atoms with Gasteiger partial charge in [-0.1, -0.05) is 89.2 Å². The van der Waals surface area contributed by atoms with E-state index < -0.39 is 0 Å². The number of hydrogen-bond acceptors (Lipinski definition) is 3. The fourth-order valence-corrected chi connectivity index (χ4v) is 5.91. The van der Waals surface area contributed by atoms with Crippen molar-refractivity contribution in [1.29, 1.82) is 0 Å². The van der Waals surface area contributed by atoms with Crippen molar-refractivity contribution < 1.29 is 0 Å². The highest BCUT2D eigenvalue weighted by Crippen LogP contribution is 2.41. The van der Waals surface area contributed by atoms with Crippen LogP contribution in [0.4, 0.5) is 0 Å². The van der Waals surface area contributed by atoms with Gasteiger partial charge in [-0.05, 0) is 60.2 Å². The van der Waals surface area contributed by atoms with Crippen molar-refractivity contribution in [2.75, 3.05) is 0 Å². The maximum absolute atomic E-state index is 13.7. The van der Waals surface area contributed by atoms with Crippen LogP contribution in [-0.2, 0) is 6.42 Å². The number of aryl methyl sites for hydroxylation is 2. The van der Waals surface area contributed by atoms with Gasteiger partial charge in [-0.25, -0.2) is 4.99 Å². The van der Waals surface area contributed by atoms with Gasteiger partial charge in [-0.15, -0.1) is 0 Å². The van der Waals surface area contributed by atoms with Crippen LogP contribution in [0.5, 0.6) is 0 Å². The summed E-state index contributed by atoms with van der Waals surface area (Å²) in [4.78, 5) is 19.5. The molecule has 3 nitrogen and oxygen atoms in total. The molecule has 1 atom stereocenters. The van der Waals surface area contributed by atoms with Crippen LogP contribution in [0, 0.1) is 6.92 Å². The molecule has 1 aliphatic carbocycles. The average Bonchev–Trinajstić information content (AvgIpc) is 3.14. The molecule has 0 saturated heterocycles. The van der Waals surface area contributed by atoms with E-state index in [1.165, 1.54) is 33.6 Å². The van der Waals surface area contributed by atoms with E-state index in [1.807, 2.05) is 34.9 Å². The lowest BCUT2D eigenvalue weighted by Crippen LogP contribution is -2.38. The zero-order valence-electron chi connectivity index (χ0n) is 18.1. The molecule has 0 saturated carbocycles. The number of nitrogens with zero attached hydrogens (tertiary/aromatic N) is 2. The smallest absolute Gasteiger partial charge is 0.271 e. The lowest BCUT2D eigenvalue weighted by atomic mass is 9.83. The molecule has 6 rings (SSSR count). The van der Waals surface area contributed by atoms with Gasteiger partial charge >= 0.3 is 0 Å². The predicted molar refractivity (Wildman–Crippen MR) is 135 cm³/mol. The minimum Gasteiger partial charge on any atom is -0.272 e. The molecule has 0 unspecified atom stereocenters. The van der Waals surface area contributed by atoms with E-state index in [0.717, 1.165) is 34.5 Å². The number of allylic oxidation sites excluding steroid dienone is 1. The number of hydrogen-bond donors (Lipinski definition) is 0. The summed E-state index contributed by atoms with van der Waals surface area (Å²) in [5, 5.41) is 0.680. The van der Waals surface area contributed by atoms with Crippen molar-refractivity contribution in [1.82, 2.24) is 4.57 Å². The van der Waals surface area contributed by atoms with Gasteiger partial charge in [0, 0.05) is 10.6 Å². The summed E-state index contributed by atoms with van der Waals surface area (Å²) in [5.41, 5.74) is 8.05. The molecule has 0 fully saturated rings. The van der Waals surface area contributed by atoms with Crippen LogP contribution in [0.15, 0.2) is 88.2 Å². The van der Waals surface area contributed by atoms with Crippen molar-refractivity contribution in [3.05, 3.63) is 131 Å².